The maximum Gasteiger partial charge on any atom is 0.227 e. The third-order valence-electron chi connectivity index (χ3n) is 7.17. The summed E-state index contributed by atoms with van der Waals surface area (Å²) in [5, 5.41) is 11.7. The molecule has 5 heteroatoms. The number of nitrogens with zero attached hydrogens (tertiary/aromatic N) is 1. The molecule has 2 bridgehead atoms. The third kappa shape index (κ3) is 3.88. The average molecular weight is 370 g/mol. The van der Waals surface area contributed by atoms with Crippen molar-refractivity contribution in [2.45, 2.75) is 32.1 Å². The van der Waals surface area contributed by atoms with E-state index in [1.807, 2.05) is 11.0 Å². The van der Waals surface area contributed by atoms with Crippen LogP contribution in [0.2, 0.25) is 0 Å². The molecular weight excluding hydrogens is 340 g/mol. The van der Waals surface area contributed by atoms with Gasteiger partial charge in [0.2, 0.25) is 5.91 Å². The maximum absolute atomic E-state index is 13.2. The molecule has 0 radical (unpaired) electrons. The second kappa shape index (κ2) is 8.01. The van der Waals surface area contributed by atoms with Crippen molar-refractivity contribution in [1.29, 1.82) is 0 Å². The summed E-state index contributed by atoms with van der Waals surface area (Å²) in [6.07, 6.45) is 4.97. The molecule has 5 rings (SSSR count). The van der Waals surface area contributed by atoms with Crippen LogP contribution in [-0.4, -0.2) is 49.5 Å². The van der Waals surface area contributed by atoms with Gasteiger partial charge < -0.3 is 19.7 Å². The van der Waals surface area contributed by atoms with E-state index in [2.05, 4.69) is 24.3 Å². The molecule has 27 heavy (non-hydrogen) atoms. The largest absolute Gasteiger partial charge is 0.550 e. The van der Waals surface area contributed by atoms with Crippen LogP contribution in [-0.2, 0) is 16.0 Å². The Hall–Kier alpha value is -1.88. The highest BCUT2D eigenvalue weighted by Gasteiger charge is 2.49. The van der Waals surface area contributed by atoms with Crippen LogP contribution < -0.4 is 10.0 Å². The molecule has 146 valence electrons. The predicted octanol–water partition coefficient (Wildman–Crippen LogP) is -0.241. The molecule has 2 atom stereocenters. The molecule has 1 heterocycles. The van der Waals surface area contributed by atoms with Crippen molar-refractivity contribution >= 4 is 11.9 Å². The first-order valence-electron chi connectivity index (χ1n) is 10.5. The molecule has 1 saturated heterocycles. The average Bonchev–Trinajstić information content (AvgIpc) is 2.73. The number of aliphatic carboxylic acids is 1. The number of hydrogen-bond donors (Lipinski definition) is 1. The number of carboxylic acids is 1. The van der Waals surface area contributed by atoms with Gasteiger partial charge in [0.25, 0.3) is 0 Å². The van der Waals surface area contributed by atoms with Gasteiger partial charge >= 0.3 is 0 Å². The van der Waals surface area contributed by atoms with Crippen molar-refractivity contribution < 1.29 is 19.6 Å². The van der Waals surface area contributed by atoms with Crippen LogP contribution >= 0.6 is 0 Å². The number of quaternary nitrogens is 1. The second-order valence-corrected chi connectivity index (χ2v) is 8.61. The van der Waals surface area contributed by atoms with Crippen molar-refractivity contribution in [2.24, 2.45) is 23.7 Å². The van der Waals surface area contributed by atoms with Gasteiger partial charge in [-0.1, -0.05) is 30.3 Å². The number of carboxylic acid groups (broad SMARTS) is 1. The number of hydrogen-bond acceptors (Lipinski definition) is 3. The topological polar surface area (TPSA) is 64.9 Å². The number of piperazine rings is 1. The van der Waals surface area contributed by atoms with Gasteiger partial charge in [-0.15, -0.1) is 0 Å². The van der Waals surface area contributed by atoms with Gasteiger partial charge in [-0.25, -0.2) is 0 Å². The number of fused-ring (bicyclic) bond motifs is 3. The van der Waals surface area contributed by atoms with E-state index in [-0.39, 0.29) is 23.7 Å². The second-order valence-electron chi connectivity index (χ2n) is 8.61. The van der Waals surface area contributed by atoms with E-state index < -0.39 is 11.9 Å². The van der Waals surface area contributed by atoms with E-state index in [1.165, 1.54) is 10.5 Å². The monoisotopic (exact) mass is 370 g/mol. The molecule has 1 N–H and O–H groups in total. The van der Waals surface area contributed by atoms with Crippen LogP contribution in [0.25, 0.3) is 0 Å². The first kappa shape index (κ1) is 18.5. The summed E-state index contributed by atoms with van der Waals surface area (Å²) < 4.78 is 0. The minimum atomic E-state index is -1.00. The fourth-order valence-corrected chi connectivity index (χ4v) is 5.61. The molecule has 0 spiro atoms. The number of carbonyl (C=O) groups excluding carboxylic acids is 2. The van der Waals surface area contributed by atoms with Crippen LogP contribution in [0.4, 0.5) is 0 Å². The summed E-state index contributed by atoms with van der Waals surface area (Å²) in [6.45, 7) is 4.49. The summed E-state index contributed by atoms with van der Waals surface area (Å²) in [4.78, 5) is 28.4. The molecule has 4 fully saturated rings. The molecule has 0 aromatic heterocycles. The SMILES string of the molecule is O=C([O-])[C@@H]1C2CCC(CC2)[C@@H]1C(=O)N1CC[NH+](CCc2ccccc2)CC1. The lowest BCUT2D eigenvalue weighted by molar-refractivity contribution is -0.903. The number of amides is 1. The minimum absolute atomic E-state index is 0.0840. The van der Waals surface area contributed by atoms with Crippen molar-refractivity contribution in [3.05, 3.63) is 35.9 Å². The number of benzene rings is 1. The predicted molar refractivity (Wildman–Crippen MR) is 99.7 cm³/mol. The van der Waals surface area contributed by atoms with E-state index in [9.17, 15) is 14.7 Å². The first-order valence-corrected chi connectivity index (χ1v) is 10.5. The van der Waals surface area contributed by atoms with E-state index in [1.54, 1.807) is 0 Å². The normalized spacial score (nSPS) is 31.0. The molecule has 4 aliphatic rings. The Kier molecular flexibility index (Phi) is 5.48. The summed E-state index contributed by atoms with van der Waals surface area (Å²) >= 11 is 0. The Bertz CT molecular complexity index is 661. The third-order valence-corrected chi connectivity index (χ3v) is 7.17. The summed E-state index contributed by atoms with van der Waals surface area (Å²) in [6, 6.07) is 10.5. The summed E-state index contributed by atoms with van der Waals surface area (Å²) in [5.41, 5.74) is 1.36. The van der Waals surface area contributed by atoms with Gasteiger partial charge in [0, 0.05) is 24.2 Å². The van der Waals surface area contributed by atoms with Crippen molar-refractivity contribution in [2.75, 3.05) is 32.7 Å². The highest BCUT2D eigenvalue weighted by Crippen LogP contribution is 2.49. The van der Waals surface area contributed by atoms with E-state index in [0.29, 0.717) is 0 Å². The van der Waals surface area contributed by atoms with Gasteiger partial charge in [-0.3, -0.25) is 4.79 Å². The number of carbonyl (C=O) groups is 2. The van der Waals surface area contributed by atoms with Gasteiger partial charge in [0.15, 0.2) is 0 Å². The molecule has 5 nitrogen and oxygen atoms in total. The van der Waals surface area contributed by atoms with Crippen LogP contribution in [0.1, 0.15) is 31.2 Å². The standard InChI is InChI=1S/C22H30N2O3/c25-21(19-17-6-8-18(9-7-17)20(19)22(26)27)24-14-12-23(13-15-24)11-10-16-4-2-1-3-5-16/h1-5,17-20H,6-15H2,(H,26,27)/t17?,18?,19-,20+/m0/s1. The molecule has 1 amide bonds. The molecule has 3 aliphatic carbocycles. The minimum Gasteiger partial charge on any atom is -0.550 e. The Balaban J connectivity index is 1.32. The fraction of sp³-hybridized carbons (Fsp3) is 0.636. The Labute approximate surface area is 161 Å². The van der Waals surface area contributed by atoms with E-state index in [0.717, 1.165) is 64.8 Å². The molecule has 1 aromatic carbocycles. The lowest BCUT2D eigenvalue weighted by Gasteiger charge is -2.49. The number of rotatable bonds is 5. The zero-order valence-electron chi connectivity index (χ0n) is 15.9. The molecule has 3 saturated carbocycles. The van der Waals surface area contributed by atoms with E-state index >= 15 is 0 Å². The molecular formula is C22H30N2O3. The first-order chi connectivity index (χ1) is 13.1. The molecule has 1 aliphatic heterocycles. The number of nitrogens with one attached hydrogen (secondary N) is 1. The lowest BCUT2D eigenvalue weighted by Crippen LogP contribution is -3.15. The smallest absolute Gasteiger partial charge is 0.227 e. The van der Waals surface area contributed by atoms with Gasteiger partial charge in [-0.05, 0) is 43.1 Å². The van der Waals surface area contributed by atoms with Gasteiger partial charge in [0.1, 0.15) is 0 Å². The van der Waals surface area contributed by atoms with Crippen LogP contribution in [0.15, 0.2) is 30.3 Å². The van der Waals surface area contributed by atoms with Crippen molar-refractivity contribution in [3.63, 3.8) is 0 Å². The van der Waals surface area contributed by atoms with Crippen molar-refractivity contribution in [1.82, 2.24) is 4.90 Å². The van der Waals surface area contributed by atoms with E-state index in [4.69, 9.17) is 0 Å². The highest BCUT2D eigenvalue weighted by molar-refractivity contribution is 5.85. The lowest BCUT2D eigenvalue weighted by atomic mass is 9.58. The molecule has 1 aromatic rings. The van der Waals surface area contributed by atoms with Crippen LogP contribution in [0.3, 0.4) is 0 Å². The Morgan fingerprint density at radius 2 is 1.56 bits per heavy atom. The van der Waals surface area contributed by atoms with Gasteiger partial charge in [0.05, 0.1) is 32.7 Å². The van der Waals surface area contributed by atoms with Gasteiger partial charge in [-0.2, -0.15) is 0 Å². The summed E-state index contributed by atoms with van der Waals surface area (Å²) in [7, 11) is 0. The van der Waals surface area contributed by atoms with Crippen molar-refractivity contribution in [3.8, 4) is 0 Å². The Morgan fingerprint density at radius 1 is 0.963 bits per heavy atom. The quantitative estimate of drug-likeness (QED) is 0.778. The summed E-state index contributed by atoms with van der Waals surface area (Å²) in [5.74, 6) is -1.43. The van der Waals surface area contributed by atoms with Crippen LogP contribution in [0, 0.1) is 23.7 Å². The zero-order valence-corrected chi connectivity index (χ0v) is 15.9. The zero-order chi connectivity index (χ0) is 18.8. The maximum atomic E-state index is 13.2. The fourth-order valence-electron chi connectivity index (χ4n) is 5.61. The molecule has 0 unspecified atom stereocenters. The highest BCUT2D eigenvalue weighted by atomic mass is 16.4. The van der Waals surface area contributed by atoms with Crippen LogP contribution in [0.5, 0.6) is 0 Å². The Morgan fingerprint density at radius 3 is 2.15 bits per heavy atom.